The molecule has 142 valence electrons. The van der Waals surface area contributed by atoms with Crippen LogP contribution in [0.5, 0.6) is 0 Å². The van der Waals surface area contributed by atoms with Gasteiger partial charge >= 0.3 is 5.69 Å². The first-order valence-corrected chi connectivity index (χ1v) is 11.4. The van der Waals surface area contributed by atoms with Crippen LogP contribution in [0.3, 0.4) is 0 Å². The smallest absolute Gasteiger partial charge is 0.330 e. The molecule has 1 saturated heterocycles. The Hall–Kier alpha value is -1.26. The Morgan fingerprint density at radius 3 is 2.64 bits per heavy atom. The molecule has 3 atom stereocenters. The highest BCUT2D eigenvalue weighted by Gasteiger charge is 2.41. The van der Waals surface area contributed by atoms with E-state index >= 15 is 0 Å². The summed E-state index contributed by atoms with van der Waals surface area (Å²) >= 11 is 0. The number of aromatic nitrogens is 2. The van der Waals surface area contributed by atoms with Gasteiger partial charge in [-0.15, -0.1) is 0 Å². The predicted octanol–water partition coefficient (Wildman–Crippen LogP) is 1.50. The van der Waals surface area contributed by atoms with E-state index in [-0.39, 0.29) is 17.2 Å². The minimum Gasteiger partial charge on any atom is -0.414 e. The zero-order chi connectivity index (χ0) is 19.0. The molecule has 1 aliphatic rings. The van der Waals surface area contributed by atoms with Crippen molar-refractivity contribution in [3.8, 4) is 0 Å². The number of aromatic amines is 1. The first-order chi connectivity index (χ1) is 11.5. The topological polar surface area (TPSA) is 106 Å². The molecule has 1 aromatic rings. The Bertz CT molecular complexity index is 722. The largest absolute Gasteiger partial charge is 0.414 e. The van der Waals surface area contributed by atoms with Gasteiger partial charge in [-0.2, -0.15) is 5.48 Å². The molecule has 0 amide bonds. The van der Waals surface area contributed by atoms with Gasteiger partial charge in [-0.3, -0.25) is 14.3 Å². The normalized spacial score (nSPS) is 24.7. The molecule has 3 N–H and O–H groups in total. The summed E-state index contributed by atoms with van der Waals surface area (Å²) in [5.74, 6) is 0. The first kappa shape index (κ1) is 20.1. The van der Waals surface area contributed by atoms with Gasteiger partial charge in [-0.1, -0.05) is 20.8 Å². The predicted molar refractivity (Wildman–Crippen MR) is 96.4 cm³/mol. The molecular formula is C16H29N3O5Si. The van der Waals surface area contributed by atoms with E-state index in [1.807, 2.05) is 0 Å². The second kappa shape index (κ2) is 7.16. The van der Waals surface area contributed by atoms with E-state index in [4.69, 9.17) is 9.16 Å². The van der Waals surface area contributed by atoms with Gasteiger partial charge in [0.05, 0.1) is 18.8 Å². The van der Waals surface area contributed by atoms with E-state index in [1.54, 1.807) is 6.92 Å². The van der Waals surface area contributed by atoms with E-state index < -0.39 is 25.8 Å². The summed E-state index contributed by atoms with van der Waals surface area (Å²) in [5.41, 5.74) is 1.75. The van der Waals surface area contributed by atoms with Crippen LogP contribution in [-0.4, -0.2) is 41.8 Å². The van der Waals surface area contributed by atoms with E-state index in [0.717, 1.165) is 0 Å². The Kier molecular flexibility index (Phi) is 5.74. The fourth-order valence-corrected chi connectivity index (χ4v) is 3.51. The Morgan fingerprint density at radius 1 is 1.44 bits per heavy atom. The number of H-pyrrole nitrogens is 1. The number of nitrogens with one attached hydrogen (secondary N) is 2. The first-order valence-electron chi connectivity index (χ1n) is 8.47. The van der Waals surface area contributed by atoms with Crippen LogP contribution in [0.15, 0.2) is 15.8 Å². The van der Waals surface area contributed by atoms with Crippen molar-refractivity contribution in [2.75, 3.05) is 6.61 Å². The molecule has 0 unspecified atom stereocenters. The summed E-state index contributed by atoms with van der Waals surface area (Å²) in [4.78, 5) is 25.8. The maximum Gasteiger partial charge on any atom is 0.330 e. The molecular weight excluding hydrogens is 342 g/mol. The van der Waals surface area contributed by atoms with Crippen molar-refractivity contribution in [2.45, 2.75) is 70.6 Å². The van der Waals surface area contributed by atoms with Crippen molar-refractivity contribution in [3.05, 3.63) is 32.6 Å². The number of ether oxygens (including phenoxy) is 1. The van der Waals surface area contributed by atoms with Crippen molar-refractivity contribution in [1.82, 2.24) is 15.0 Å². The standard InChI is InChI=1S/C16H29N3O5Si/c1-10-8-19(15(21)17-14(10)20)13-7-11(18-22)12(24-13)9-23-25(5,6)16(2,3)4/h8,11-13,18,22H,7,9H2,1-6H3,(H,17,20,21)/t11-,12+,13+/m1/s1. The minimum absolute atomic E-state index is 0.0696. The van der Waals surface area contributed by atoms with Crippen molar-refractivity contribution < 1.29 is 14.4 Å². The lowest BCUT2D eigenvalue weighted by Crippen LogP contribution is -2.45. The molecule has 25 heavy (non-hydrogen) atoms. The van der Waals surface area contributed by atoms with E-state index in [1.165, 1.54) is 10.8 Å². The van der Waals surface area contributed by atoms with Gasteiger partial charge < -0.3 is 14.4 Å². The van der Waals surface area contributed by atoms with Crippen molar-refractivity contribution in [1.29, 1.82) is 0 Å². The molecule has 2 rings (SSSR count). The van der Waals surface area contributed by atoms with Crippen LogP contribution >= 0.6 is 0 Å². The second-order valence-electron chi connectivity index (χ2n) is 8.15. The third-order valence-electron chi connectivity index (χ3n) is 5.27. The van der Waals surface area contributed by atoms with Crippen molar-refractivity contribution in [2.24, 2.45) is 0 Å². The number of hydrogen-bond acceptors (Lipinski definition) is 6. The lowest BCUT2D eigenvalue weighted by atomic mass is 10.1. The van der Waals surface area contributed by atoms with Crippen LogP contribution in [0.1, 0.15) is 39.0 Å². The highest BCUT2D eigenvalue weighted by molar-refractivity contribution is 6.74. The Balaban J connectivity index is 2.14. The molecule has 2 heterocycles. The van der Waals surface area contributed by atoms with Crippen LogP contribution in [-0.2, 0) is 9.16 Å². The van der Waals surface area contributed by atoms with E-state index in [9.17, 15) is 14.8 Å². The SMILES string of the molecule is Cc1cn([C@@H]2C[C@@H](NO)[C@H](CO[Si](C)(C)C(C)(C)C)O2)c(=O)[nH]c1=O. The van der Waals surface area contributed by atoms with E-state index in [2.05, 4.69) is 44.3 Å². The lowest BCUT2D eigenvalue weighted by Gasteiger charge is -2.37. The van der Waals surface area contributed by atoms with Crippen LogP contribution in [0.2, 0.25) is 18.1 Å². The zero-order valence-corrected chi connectivity index (χ0v) is 16.8. The average molecular weight is 372 g/mol. The molecule has 0 bridgehead atoms. The highest BCUT2D eigenvalue weighted by atomic mass is 28.4. The lowest BCUT2D eigenvalue weighted by molar-refractivity contribution is -0.0353. The molecule has 0 spiro atoms. The number of hydroxylamine groups is 1. The summed E-state index contributed by atoms with van der Waals surface area (Å²) in [6.45, 7) is 12.7. The van der Waals surface area contributed by atoms with Gasteiger partial charge in [0.15, 0.2) is 8.32 Å². The summed E-state index contributed by atoms with van der Waals surface area (Å²) in [7, 11) is -1.95. The number of aryl methyl sites for hydroxylation is 1. The van der Waals surface area contributed by atoms with Gasteiger partial charge in [-0.05, 0) is 25.1 Å². The second-order valence-corrected chi connectivity index (χ2v) is 13.0. The van der Waals surface area contributed by atoms with Gasteiger partial charge in [0.1, 0.15) is 6.23 Å². The molecule has 0 saturated carbocycles. The quantitative estimate of drug-likeness (QED) is 0.535. The summed E-state index contributed by atoms with van der Waals surface area (Å²) < 4.78 is 13.5. The molecule has 0 radical (unpaired) electrons. The third-order valence-corrected chi connectivity index (χ3v) is 9.77. The summed E-state index contributed by atoms with van der Waals surface area (Å²) in [6.07, 6.45) is 0.925. The van der Waals surface area contributed by atoms with Crippen LogP contribution in [0.25, 0.3) is 0 Å². The maximum atomic E-state index is 12.0. The number of hydrogen-bond donors (Lipinski definition) is 3. The molecule has 0 aliphatic carbocycles. The Labute approximate surface area is 148 Å². The molecule has 1 aliphatic heterocycles. The molecule has 1 fully saturated rings. The monoisotopic (exact) mass is 371 g/mol. The van der Waals surface area contributed by atoms with Gasteiger partial charge in [-0.25, -0.2) is 4.79 Å². The summed E-state index contributed by atoms with van der Waals surface area (Å²) in [6, 6.07) is -0.353. The van der Waals surface area contributed by atoms with E-state index in [0.29, 0.717) is 18.6 Å². The highest BCUT2D eigenvalue weighted by Crippen LogP contribution is 2.37. The van der Waals surface area contributed by atoms with Crippen LogP contribution in [0.4, 0.5) is 0 Å². The van der Waals surface area contributed by atoms with Gasteiger partial charge in [0.2, 0.25) is 0 Å². The number of rotatable bonds is 5. The zero-order valence-electron chi connectivity index (χ0n) is 15.8. The fraction of sp³-hybridized carbons (Fsp3) is 0.750. The van der Waals surface area contributed by atoms with Gasteiger partial charge in [0, 0.05) is 18.2 Å². The van der Waals surface area contributed by atoms with Crippen LogP contribution < -0.4 is 16.7 Å². The molecule has 0 aromatic carbocycles. The third kappa shape index (κ3) is 4.29. The van der Waals surface area contributed by atoms with Gasteiger partial charge in [0.25, 0.3) is 5.56 Å². The molecule has 1 aromatic heterocycles. The minimum atomic E-state index is -1.95. The maximum absolute atomic E-state index is 12.0. The Morgan fingerprint density at radius 2 is 2.08 bits per heavy atom. The van der Waals surface area contributed by atoms with Crippen molar-refractivity contribution >= 4 is 8.32 Å². The average Bonchev–Trinajstić information content (AvgIpc) is 2.91. The molecule has 9 heteroatoms. The molecule has 8 nitrogen and oxygen atoms in total. The fourth-order valence-electron chi connectivity index (χ4n) is 2.50. The van der Waals surface area contributed by atoms with Crippen LogP contribution in [0, 0.1) is 6.92 Å². The number of nitrogens with zero attached hydrogens (tertiary/aromatic N) is 1. The summed E-state index contributed by atoms with van der Waals surface area (Å²) in [5, 5.41) is 9.51. The van der Waals surface area contributed by atoms with Crippen molar-refractivity contribution in [3.63, 3.8) is 0 Å².